The molecule has 4 heteroatoms. The Bertz CT molecular complexity index is 502. The van der Waals surface area contributed by atoms with E-state index in [0.717, 1.165) is 51.1 Å². The fraction of sp³-hybridized carbons (Fsp3) is 0.900. The fourth-order valence-corrected chi connectivity index (χ4v) is 5.39. The highest BCUT2D eigenvalue weighted by Crippen LogP contribution is 2.40. The Balaban J connectivity index is 1.43. The van der Waals surface area contributed by atoms with Crippen molar-refractivity contribution in [3.05, 3.63) is 0 Å². The molecule has 0 aromatic carbocycles. The van der Waals surface area contributed by atoms with Gasteiger partial charge in [0.25, 0.3) is 0 Å². The molecule has 0 bridgehead atoms. The van der Waals surface area contributed by atoms with Crippen LogP contribution in [-0.2, 0) is 9.59 Å². The molecule has 4 nitrogen and oxygen atoms in total. The summed E-state index contributed by atoms with van der Waals surface area (Å²) in [6, 6.07) is 0.476. The molecule has 0 spiro atoms. The lowest BCUT2D eigenvalue weighted by Crippen LogP contribution is -2.56. The van der Waals surface area contributed by atoms with Crippen molar-refractivity contribution in [2.75, 3.05) is 19.6 Å². The number of likely N-dealkylation sites (tertiary alicyclic amines) is 2. The molecule has 2 saturated heterocycles. The molecule has 4 aliphatic rings. The van der Waals surface area contributed by atoms with E-state index in [9.17, 15) is 9.59 Å². The first-order chi connectivity index (χ1) is 11.6. The van der Waals surface area contributed by atoms with Crippen LogP contribution in [0.15, 0.2) is 0 Å². The van der Waals surface area contributed by atoms with E-state index in [1.807, 2.05) is 4.90 Å². The topological polar surface area (TPSA) is 40.6 Å². The molecule has 0 aromatic heterocycles. The number of fused-ring (bicyclic) bond motifs is 1. The largest absolute Gasteiger partial charge is 0.342 e. The molecule has 4 rings (SSSR count). The Morgan fingerprint density at radius 3 is 2.38 bits per heavy atom. The smallest absolute Gasteiger partial charge is 0.227 e. The first-order valence-electron chi connectivity index (χ1n) is 10.2. The van der Waals surface area contributed by atoms with Crippen LogP contribution in [0.3, 0.4) is 0 Å². The Morgan fingerprint density at radius 2 is 1.58 bits per heavy atom. The van der Waals surface area contributed by atoms with Gasteiger partial charge < -0.3 is 9.80 Å². The van der Waals surface area contributed by atoms with Crippen molar-refractivity contribution in [1.29, 1.82) is 0 Å². The minimum absolute atomic E-state index is 0.0532. The average Bonchev–Trinajstić information content (AvgIpc) is 3.46. The molecular weight excluding hydrogens is 300 g/mol. The highest BCUT2D eigenvalue weighted by molar-refractivity contribution is 5.83. The number of amides is 2. The van der Waals surface area contributed by atoms with E-state index < -0.39 is 0 Å². The molecular formula is C20H32N2O2. The van der Waals surface area contributed by atoms with Crippen LogP contribution < -0.4 is 0 Å². The zero-order chi connectivity index (χ0) is 16.7. The predicted octanol–water partition coefficient (Wildman–Crippen LogP) is 3.06. The monoisotopic (exact) mass is 332 g/mol. The van der Waals surface area contributed by atoms with Gasteiger partial charge in [0.05, 0.1) is 5.92 Å². The van der Waals surface area contributed by atoms with Gasteiger partial charge in [-0.05, 0) is 56.8 Å². The highest BCUT2D eigenvalue weighted by Gasteiger charge is 2.43. The van der Waals surface area contributed by atoms with Gasteiger partial charge in [-0.25, -0.2) is 0 Å². The second-order valence-corrected chi connectivity index (χ2v) is 8.71. The third-order valence-corrected chi connectivity index (χ3v) is 7.03. The summed E-state index contributed by atoms with van der Waals surface area (Å²) in [7, 11) is 0. The summed E-state index contributed by atoms with van der Waals surface area (Å²) >= 11 is 0. The molecule has 0 unspecified atom stereocenters. The van der Waals surface area contributed by atoms with Gasteiger partial charge in [0.1, 0.15) is 0 Å². The number of carbonyl (C=O) groups is 2. The lowest BCUT2D eigenvalue weighted by molar-refractivity contribution is -0.147. The number of piperidine rings is 2. The maximum Gasteiger partial charge on any atom is 0.227 e. The molecule has 2 amide bonds. The third-order valence-electron chi connectivity index (χ3n) is 7.03. The molecule has 2 aliphatic heterocycles. The van der Waals surface area contributed by atoms with E-state index >= 15 is 0 Å². The van der Waals surface area contributed by atoms with Gasteiger partial charge in [-0.1, -0.05) is 19.8 Å². The molecule has 0 aromatic rings. The van der Waals surface area contributed by atoms with Gasteiger partial charge in [0.2, 0.25) is 11.8 Å². The summed E-state index contributed by atoms with van der Waals surface area (Å²) in [4.78, 5) is 29.9. The van der Waals surface area contributed by atoms with E-state index in [2.05, 4.69) is 11.8 Å². The number of hydrogen-bond acceptors (Lipinski definition) is 2. The molecule has 0 radical (unpaired) electrons. The normalized spacial score (nSPS) is 37.0. The van der Waals surface area contributed by atoms with Gasteiger partial charge in [-0.3, -0.25) is 9.59 Å². The Kier molecular flexibility index (Phi) is 4.57. The molecule has 134 valence electrons. The summed E-state index contributed by atoms with van der Waals surface area (Å²) in [6.07, 6.45) is 10.3. The Hall–Kier alpha value is -1.06. The molecule has 0 N–H and O–H groups in total. The first kappa shape index (κ1) is 16.4. The van der Waals surface area contributed by atoms with Crippen LogP contribution in [0, 0.1) is 23.7 Å². The maximum atomic E-state index is 13.3. The van der Waals surface area contributed by atoms with Crippen molar-refractivity contribution in [3.8, 4) is 0 Å². The number of rotatable bonds is 2. The van der Waals surface area contributed by atoms with Gasteiger partial charge >= 0.3 is 0 Å². The third kappa shape index (κ3) is 3.09. The van der Waals surface area contributed by atoms with Crippen molar-refractivity contribution >= 4 is 11.8 Å². The van der Waals surface area contributed by atoms with Crippen LogP contribution in [0.1, 0.15) is 64.7 Å². The van der Waals surface area contributed by atoms with Gasteiger partial charge in [0, 0.05) is 31.6 Å². The summed E-state index contributed by atoms with van der Waals surface area (Å²) in [6.45, 7) is 4.86. The quantitative estimate of drug-likeness (QED) is 0.780. The van der Waals surface area contributed by atoms with Crippen LogP contribution >= 0.6 is 0 Å². The number of hydrogen-bond donors (Lipinski definition) is 0. The van der Waals surface area contributed by atoms with E-state index in [-0.39, 0.29) is 11.8 Å². The standard InChI is InChI=1S/C20H32N2O2/c1-14-10-12-22(18-7-3-2-6-17(14)18)20(24)16-5-4-11-21(13-16)19(23)15-8-9-15/h14-18H,2-13H2,1H3/t14-,16-,17-,18-/m1/s1. The summed E-state index contributed by atoms with van der Waals surface area (Å²) in [5.41, 5.74) is 0. The molecule has 4 fully saturated rings. The molecule has 24 heavy (non-hydrogen) atoms. The van der Waals surface area contributed by atoms with Crippen molar-refractivity contribution in [2.24, 2.45) is 23.7 Å². The Labute approximate surface area is 145 Å². The highest BCUT2D eigenvalue weighted by atomic mass is 16.2. The van der Waals surface area contributed by atoms with Crippen molar-refractivity contribution in [3.63, 3.8) is 0 Å². The lowest BCUT2D eigenvalue weighted by atomic mass is 9.72. The SMILES string of the molecule is C[C@@H]1CCN(C(=O)[C@@H]2CCCN(C(=O)C3CC3)C2)[C@@H]2CCCC[C@H]12. The van der Waals surface area contributed by atoms with Gasteiger partial charge in [-0.15, -0.1) is 0 Å². The number of carbonyl (C=O) groups excluding carboxylic acids is 2. The van der Waals surface area contributed by atoms with Gasteiger partial charge in [0.15, 0.2) is 0 Å². The molecule has 2 saturated carbocycles. The lowest BCUT2D eigenvalue weighted by Gasteiger charge is -2.48. The first-order valence-corrected chi connectivity index (χ1v) is 10.2. The minimum Gasteiger partial charge on any atom is -0.342 e. The van der Waals surface area contributed by atoms with Crippen LogP contribution in [0.2, 0.25) is 0 Å². The van der Waals surface area contributed by atoms with Crippen LogP contribution in [0.25, 0.3) is 0 Å². The van der Waals surface area contributed by atoms with Crippen LogP contribution in [0.5, 0.6) is 0 Å². The zero-order valence-electron chi connectivity index (χ0n) is 15.1. The molecule has 4 atom stereocenters. The minimum atomic E-state index is 0.0532. The van der Waals surface area contributed by atoms with E-state index in [1.54, 1.807) is 0 Å². The van der Waals surface area contributed by atoms with Gasteiger partial charge in [-0.2, -0.15) is 0 Å². The van der Waals surface area contributed by atoms with Crippen LogP contribution in [0.4, 0.5) is 0 Å². The van der Waals surface area contributed by atoms with Crippen molar-refractivity contribution in [1.82, 2.24) is 9.80 Å². The van der Waals surface area contributed by atoms with E-state index in [0.29, 0.717) is 30.3 Å². The molecule has 2 aliphatic carbocycles. The predicted molar refractivity (Wildman–Crippen MR) is 93.3 cm³/mol. The fourth-order valence-electron chi connectivity index (χ4n) is 5.39. The maximum absolute atomic E-state index is 13.3. The summed E-state index contributed by atoms with van der Waals surface area (Å²) in [5.74, 6) is 2.47. The molecule has 2 heterocycles. The summed E-state index contributed by atoms with van der Waals surface area (Å²) in [5, 5.41) is 0. The van der Waals surface area contributed by atoms with E-state index in [4.69, 9.17) is 0 Å². The summed E-state index contributed by atoms with van der Waals surface area (Å²) < 4.78 is 0. The second-order valence-electron chi connectivity index (χ2n) is 8.71. The van der Waals surface area contributed by atoms with Crippen molar-refractivity contribution < 1.29 is 9.59 Å². The van der Waals surface area contributed by atoms with Crippen LogP contribution in [-0.4, -0.2) is 47.3 Å². The van der Waals surface area contributed by atoms with E-state index in [1.165, 1.54) is 25.7 Å². The zero-order valence-corrected chi connectivity index (χ0v) is 15.1. The Morgan fingerprint density at radius 1 is 0.792 bits per heavy atom. The van der Waals surface area contributed by atoms with Crippen molar-refractivity contribution in [2.45, 2.75) is 70.8 Å². The number of nitrogens with zero attached hydrogens (tertiary/aromatic N) is 2. The second kappa shape index (κ2) is 6.68. The average molecular weight is 332 g/mol.